The molecule has 0 bridgehead atoms. The summed E-state index contributed by atoms with van der Waals surface area (Å²) >= 11 is 6.44. The van der Waals surface area contributed by atoms with Crippen molar-refractivity contribution < 1.29 is 0 Å². The smallest absolute Gasteiger partial charge is 0.0453 e. The zero-order chi connectivity index (χ0) is 15.0. The van der Waals surface area contributed by atoms with Crippen LogP contribution in [0.4, 0.5) is 0 Å². The summed E-state index contributed by atoms with van der Waals surface area (Å²) < 4.78 is 0. The van der Waals surface area contributed by atoms with Gasteiger partial charge < -0.3 is 5.32 Å². The topological polar surface area (TPSA) is 15.3 Å². The van der Waals surface area contributed by atoms with Gasteiger partial charge in [-0.3, -0.25) is 4.90 Å². The Morgan fingerprint density at radius 2 is 2.10 bits per heavy atom. The Kier molecular flexibility index (Phi) is 4.31. The van der Waals surface area contributed by atoms with E-state index < -0.39 is 0 Å². The minimum atomic E-state index is 0.280. The summed E-state index contributed by atoms with van der Waals surface area (Å²) in [6.45, 7) is 10.1. The molecule has 2 atom stereocenters. The fraction of sp³-hybridized carbons (Fsp3) is 0.667. The van der Waals surface area contributed by atoms with E-state index in [-0.39, 0.29) is 5.54 Å². The van der Waals surface area contributed by atoms with E-state index >= 15 is 0 Å². The predicted octanol–water partition coefficient (Wildman–Crippen LogP) is 4.00. The molecule has 1 aliphatic carbocycles. The first kappa shape index (κ1) is 15.3. The lowest BCUT2D eigenvalue weighted by Crippen LogP contribution is -2.51. The van der Waals surface area contributed by atoms with Crippen molar-refractivity contribution in [1.29, 1.82) is 0 Å². The first-order chi connectivity index (χ1) is 9.98. The van der Waals surface area contributed by atoms with Gasteiger partial charge in [-0.05, 0) is 69.7 Å². The van der Waals surface area contributed by atoms with E-state index in [0.29, 0.717) is 6.04 Å². The normalized spacial score (nSPS) is 31.1. The first-order valence-corrected chi connectivity index (χ1v) is 8.60. The quantitative estimate of drug-likeness (QED) is 0.908. The molecule has 1 heterocycles. The maximum atomic E-state index is 6.44. The second-order valence-electron chi connectivity index (χ2n) is 7.26. The molecular weight excluding hydrogens is 280 g/mol. The highest BCUT2D eigenvalue weighted by molar-refractivity contribution is 6.31. The molecule has 1 aliphatic heterocycles. The van der Waals surface area contributed by atoms with Crippen LogP contribution in [0.2, 0.25) is 5.02 Å². The average Bonchev–Trinajstić information content (AvgIpc) is 3.24. The van der Waals surface area contributed by atoms with E-state index in [9.17, 15) is 0 Å². The SMILES string of the molecule is Cc1ccc(CN2CC(C)(C3CC3)NCCC2C)c(Cl)c1. The minimum Gasteiger partial charge on any atom is -0.310 e. The molecule has 1 aromatic rings. The number of aryl methyl sites for hydroxylation is 1. The molecule has 116 valence electrons. The molecule has 1 saturated heterocycles. The monoisotopic (exact) mass is 306 g/mol. The van der Waals surface area contributed by atoms with Gasteiger partial charge in [-0.2, -0.15) is 0 Å². The Morgan fingerprint density at radius 3 is 2.76 bits per heavy atom. The van der Waals surface area contributed by atoms with Crippen LogP contribution in [0.1, 0.15) is 44.2 Å². The maximum Gasteiger partial charge on any atom is 0.0453 e. The van der Waals surface area contributed by atoms with Gasteiger partial charge in [0.15, 0.2) is 0 Å². The Bertz CT molecular complexity index is 512. The Hall–Kier alpha value is -0.570. The number of nitrogens with zero attached hydrogens (tertiary/aromatic N) is 1. The molecule has 0 aromatic heterocycles. The highest BCUT2D eigenvalue weighted by atomic mass is 35.5. The van der Waals surface area contributed by atoms with Crippen molar-refractivity contribution in [1.82, 2.24) is 10.2 Å². The summed E-state index contributed by atoms with van der Waals surface area (Å²) in [4.78, 5) is 2.62. The van der Waals surface area contributed by atoms with E-state index in [1.165, 1.54) is 30.4 Å². The summed E-state index contributed by atoms with van der Waals surface area (Å²) in [5.41, 5.74) is 2.77. The Morgan fingerprint density at radius 1 is 1.33 bits per heavy atom. The Labute approximate surface area is 133 Å². The van der Waals surface area contributed by atoms with Gasteiger partial charge in [-0.15, -0.1) is 0 Å². The van der Waals surface area contributed by atoms with Crippen LogP contribution < -0.4 is 5.32 Å². The molecule has 2 nitrogen and oxygen atoms in total. The second kappa shape index (κ2) is 5.91. The van der Waals surface area contributed by atoms with E-state index in [2.05, 4.69) is 49.2 Å². The van der Waals surface area contributed by atoms with Crippen LogP contribution in [-0.2, 0) is 6.54 Å². The molecule has 1 N–H and O–H groups in total. The van der Waals surface area contributed by atoms with E-state index in [1.54, 1.807) is 0 Å². The Balaban J connectivity index is 1.77. The van der Waals surface area contributed by atoms with Crippen molar-refractivity contribution in [2.45, 2.75) is 58.2 Å². The lowest BCUT2D eigenvalue weighted by molar-refractivity contribution is 0.155. The molecule has 3 rings (SSSR count). The molecule has 3 heteroatoms. The van der Waals surface area contributed by atoms with Crippen LogP contribution in [0, 0.1) is 12.8 Å². The molecular formula is C18H27ClN2. The molecule has 1 aromatic carbocycles. The summed E-state index contributed by atoms with van der Waals surface area (Å²) in [5.74, 6) is 0.860. The number of benzene rings is 1. The third kappa shape index (κ3) is 3.44. The van der Waals surface area contributed by atoms with Gasteiger partial charge in [0.25, 0.3) is 0 Å². The average molecular weight is 307 g/mol. The molecule has 2 unspecified atom stereocenters. The van der Waals surface area contributed by atoms with Crippen LogP contribution in [0.3, 0.4) is 0 Å². The molecule has 2 fully saturated rings. The largest absolute Gasteiger partial charge is 0.310 e. The molecule has 0 spiro atoms. The predicted molar refractivity (Wildman–Crippen MR) is 89.8 cm³/mol. The summed E-state index contributed by atoms with van der Waals surface area (Å²) in [5, 5.41) is 4.72. The third-order valence-corrected chi connectivity index (χ3v) is 5.66. The fourth-order valence-corrected chi connectivity index (χ4v) is 3.88. The highest BCUT2D eigenvalue weighted by Crippen LogP contribution is 2.41. The summed E-state index contributed by atoms with van der Waals surface area (Å²) in [6, 6.07) is 7.05. The van der Waals surface area contributed by atoms with Crippen LogP contribution in [0.5, 0.6) is 0 Å². The molecule has 2 aliphatic rings. The maximum absolute atomic E-state index is 6.44. The lowest BCUT2D eigenvalue weighted by atomic mass is 9.95. The zero-order valence-corrected chi connectivity index (χ0v) is 14.2. The zero-order valence-electron chi connectivity index (χ0n) is 13.5. The van der Waals surface area contributed by atoms with Crippen LogP contribution in [-0.4, -0.2) is 29.6 Å². The van der Waals surface area contributed by atoms with E-state index in [1.807, 2.05) is 0 Å². The van der Waals surface area contributed by atoms with E-state index in [0.717, 1.165) is 30.6 Å². The molecule has 1 saturated carbocycles. The first-order valence-electron chi connectivity index (χ1n) is 8.22. The lowest BCUT2D eigenvalue weighted by Gasteiger charge is -2.36. The van der Waals surface area contributed by atoms with Gasteiger partial charge in [-0.25, -0.2) is 0 Å². The number of hydrogen-bond acceptors (Lipinski definition) is 2. The second-order valence-corrected chi connectivity index (χ2v) is 7.66. The fourth-order valence-electron chi connectivity index (χ4n) is 3.59. The van der Waals surface area contributed by atoms with Gasteiger partial charge >= 0.3 is 0 Å². The molecule has 21 heavy (non-hydrogen) atoms. The van der Waals surface area contributed by atoms with Crippen LogP contribution in [0.15, 0.2) is 18.2 Å². The van der Waals surface area contributed by atoms with Crippen molar-refractivity contribution in [2.75, 3.05) is 13.1 Å². The van der Waals surface area contributed by atoms with E-state index in [4.69, 9.17) is 11.6 Å². The van der Waals surface area contributed by atoms with Crippen LogP contribution in [0.25, 0.3) is 0 Å². The molecule has 0 amide bonds. The third-order valence-electron chi connectivity index (χ3n) is 5.31. The van der Waals surface area contributed by atoms with Crippen molar-refractivity contribution >= 4 is 11.6 Å². The van der Waals surface area contributed by atoms with Gasteiger partial charge in [0.05, 0.1) is 0 Å². The van der Waals surface area contributed by atoms with Gasteiger partial charge in [0.2, 0.25) is 0 Å². The van der Waals surface area contributed by atoms with Crippen molar-refractivity contribution in [3.63, 3.8) is 0 Å². The van der Waals surface area contributed by atoms with Crippen molar-refractivity contribution in [3.8, 4) is 0 Å². The number of nitrogens with one attached hydrogen (secondary N) is 1. The summed E-state index contributed by atoms with van der Waals surface area (Å²) in [6.07, 6.45) is 3.99. The summed E-state index contributed by atoms with van der Waals surface area (Å²) in [7, 11) is 0. The van der Waals surface area contributed by atoms with Gasteiger partial charge in [0.1, 0.15) is 0 Å². The van der Waals surface area contributed by atoms with Crippen molar-refractivity contribution in [3.05, 3.63) is 34.3 Å². The van der Waals surface area contributed by atoms with Crippen LogP contribution >= 0.6 is 11.6 Å². The van der Waals surface area contributed by atoms with Gasteiger partial charge in [-0.1, -0.05) is 23.7 Å². The standard InChI is InChI=1S/C18H27ClN2/c1-13-4-5-15(17(19)10-13)11-21-12-18(3,16-6-7-16)20-9-8-14(21)2/h4-5,10,14,16,20H,6-9,11-12H2,1-3H3. The highest BCUT2D eigenvalue weighted by Gasteiger charge is 2.43. The van der Waals surface area contributed by atoms with Gasteiger partial charge in [0, 0.05) is 29.7 Å². The minimum absolute atomic E-state index is 0.280. The number of rotatable bonds is 3. The van der Waals surface area contributed by atoms with Crippen molar-refractivity contribution in [2.24, 2.45) is 5.92 Å². The number of hydrogen-bond donors (Lipinski definition) is 1. The number of halogens is 1. The molecule has 0 radical (unpaired) electrons.